The summed E-state index contributed by atoms with van der Waals surface area (Å²) in [6.45, 7) is 6.03. The predicted molar refractivity (Wildman–Crippen MR) is 109 cm³/mol. The standard InChI is InChI=1S/C24H36O5/c1-15(26)28-13-17-8-11-24(14-25)18(12-17)4-5-19-20-6-7-22(29-16(2)27)23(20,3)10-9-21(19)24/h4,17,19-22,25H,5-14H2,1-3H3/t17?,19?,20?,21?,22-,23-,24+/m0/s1. The molecule has 0 aromatic rings. The molecule has 1 N–H and O–H groups in total. The quantitative estimate of drug-likeness (QED) is 0.566. The van der Waals surface area contributed by atoms with Gasteiger partial charge in [0, 0.05) is 24.7 Å². The summed E-state index contributed by atoms with van der Waals surface area (Å²) < 4.78 is 11.0. The van der Waals surface area contributed by atoms with E-state index in [1.807, 2.05) is 0 Å². The minimum Gasteiger partial charge on any atom is -0.466 e. The van der Waals surface area contributed by atoms with E-state index in [0.717, 1.165) is 51.4 Å². The fourth-order valence-electron chi connectivity index (χ4n) is 7.55. The van der Waals surface area contributed by atoms with E-state index >= 15 is 0 Å². The minimum atomic E-state index is -0.211. The van der Waals surface area contributed by atoms with Crippen molar-refractivity contribution >= 4 is 11.9 Å². The molecule has 4 aliphatic rings. The fraction of sp³-hybridized carbons (Fsp3) is 0.833. The Hall–Kier alpha value is -1.36. The zero-order valence-electron chi connectivity index (χ0n) is 18.1. The summed E-state index contributed by atoms with van der Waals surface area (Å²) in [6, 6.07) is 0. The average Bonchev–Trinajstić information content (AvgIpc) is 3.01. The van der Waals surface area contributed by atoms with Gasteiger partial charge < -0.3 is 14.6 Å². The Kier molecular flexibility index (Phi) is 5.56. The van der Waals surface area contributed by atoms with E-state index in [-0.39, 0.29) is 35.5 Å². The van der Waals surface area contributed by atoms with Gasteiger partial charge in [0.25, 0.3) is 0 Å². The Morgan fingerprint density at radius 1 is 1.10 bits per heavy atom. The fourth-order valence-corrected chi connectivity index (χ4v) is 7.55. The van der Waals surface area contributed by atoms with Crippen molar-refractivity contribution < 1.29 is 24.2 Å². The van der Waals surface area contributed by atoms with E-state index in [1.54, 1.807) is 0 Å². The van der Waals surface area contributed by atoms with Crippen LogP contribution in [0.25, 0.3) is 0 Å². The lowest BCUT2D eigenvalue weighted by Gasteiger charge is -2.58. The van der Waals surface area contributed by atoms with Crippen LogP contribution < -0.4 is 0 Å². The van der Waals surface area contributed by atoms with Crippen molar-refractivity contribution in [2.24, 2.45) is 34.5 Å². The first-order valence-corrected chi connectivity index (χ1v) is 11.4. The molecule has 3 fully saturated rings. The van der Waals surface area contributed by atoms with Crippen LogP contribution in [0.15, 0.2) is 11.6 Å². The van der Waals surface area contributed by atoms with Crippen molar-refractivity contribution in [3.8, 4) is 0 Å². The minimum absolute atomic E-state index is 0.0425. The summed E-state index contributed by atoms with van der Waals surface area (Å²) in [6.07, 6.45) is 10.7. The van der Waals surface area contributed by atoms with Crippen molar-refractivity contribution in [2.75, 3.05) is 13.2 Å². The summed E-state index contributed by atoms with van der Waals surface area (Å²) in [5, 5.41) is 10.6. The first-order chi connectivity index (χ1) is 13.8. The van der Waals surface area contributed by atoms with Crippen LogP contribution in [-0.4, -0.2) is 36.4 Å². The Balaban J connectivity index is 1.55. The van der Waals surface area contributed by atoms with Gasteiger partial charge in [0.2, 0.25) is 0 Å². The van der Waals surface area contributed by atoms with Crippen LogP contribution in [0.1, 0.15) is 72.1 Å². The molecule has 4 aliphatic carbocycles. The van der Waals surface area contributed by atoms with Crippen LogP contribution in [0.3, 0.4) is 0 Å². The highest BCUT2D eigenvalue weighted by atomic mass is 16.5. The molecule has 4 unspecified atom stereocenters. The monoisotopic (exact) mass is 404 g/mol. The second kappa shape index (κ2) is 7.72. The molecule has 3 saturated carbocycles. The van der Waals surface area contributed by atoms with Gasteiger partial charge >= 0.3 is 11.9 Å². The van der Waals surface area contributed by atoms with E-state index in [9.17, 15) is 14.7 Å². The van der Waals surface area contributed by atoms with E-state index in [0.29, 0.717) is 30.3 Å². The molecule has 0 heterocycles. The molecule has 7 atom stereocenters. The molecule has 0 aliphatic heterocycles. The van der Waals surface area contributed by atoms with Gasteiger partial charge in [0.15, 0.2) is 0 Å². The Bertz CT molecular complexity index is 699. The number of aliphatic hydroxyl groups excluding tert-OH is 1. The Labute approximate surface area is 174 Å². The average molecular weight is 405 g/mol. The molecule has 5 nitrogen and oxygen atoms in total. The second-order valence-corrected chi connectivity index (χ2v) is 10.3. The van der Waals surface area contributed by atoms with Gasteiger partial charge in [-0.1, -0.05) is 18.6 Å². The van der Waals surface area contributed by atoms with Gasteiger partial charge in [-0.15, -0.1) is 0 Å². The first-order valence-electron chi connectivity index (χ1n) is 11.4. The van der Waals surface area contributed by atoms with Crippen molar-refractivity contribution in [2.45, 2.75) is 78.2 Å². The van der Waals surface area contributed by atoms with E-state index in [2.05, 4.69) is 13.0 Å². The van der Waals surface area contributed by atoms with E-state index in [4.69, 9.17) is 9.47 Å². The van der Waals surface area contributed by atoms with Crippen LogP contribution in [0.5, 0.6) is 0 Å². The summed E-state index contributed by atoms with van der Waals surface area (Å²) in [7, 11) is 0. The molecular weight excluding hydrogens is 368 g/mol. The summed E-state index contributed by atoms with van der Waals surface area (Å²) in [5.41, 5.74) is 1.38. The van der Waals surface area contributed by atoms with Crippen molar-refractivity contribution in [3.63, 3.8) is 0 Å². The largest absolute Gasteiger partial charge is 0.466 e. The van der Waals surface area contributed by atoms with Crippen LogP contribution in [0, 0.1) is 34.5 Å². The number of hydrogen-bond acceptors (Lipinski definition) is 5. The molecule has 29 heavy (non-hydrogen) atoms. The maximum Gasteiger partial charge on any atom is 0.302 e. The predicted octanol–water partition coefficient (Wildman–Crippen LogP) is 4.03. The number of allylic oxidation sites excluding steroid dienone is 1. The third-order valence-corrected chi connectivity index (χ3v) is 8.96. The van der Waals surface area contributed by atoms with Crippen LogP contribution in [-0.2, 0) is 19.1 Å². The number of esters is 2. The van der Waals surface area contributed by atoms with Crippen molar-refractivity contribution in [3.05, 3.63) is 11.6 Å². The van der Waals surface area contributed by atoms with Crippen molar-refractivity contribution in [1.29, 1.82) is 0 Å². The molecule has 0 bridgehead atoms. The topological polar surface area (TPSA) is 72.8 Å². The highest BCUT2D eigenvalue weighted by Crippen LogP contribution is 2.65. The number of aliphatic hydroxyl groups is 1. The lowest BCUT2D eigenvalue weighted by Crippen LogP contribution is -2.53. The Morgan fingerprint density at radius 2 is 1.90 bits per heavy atom. The van der Waals surface area contributed by atoms with Crippen LogP contribution in [0.4, 0.5) is 0 Å². The van der Waals surface area contributed by atoms with Crippen LogP contribution >= 0.6 is 0 Å². The lowest BCUT2D eigenvalue weighted by atomic mass is 9.47. The van der Waals surface area contributed by atoms with Crippen LogP contribution in [0.2, 0.25) is 0 Å². The van der Waals surface area contributed by atoms with Gasteiger partial charge in [0.1, 0.15) is 6.10 Å². The normalized spacial score (nSPS) is 43.4. The summed E-state index contributed by atoms with van der Waals surface area (Å²) in [4.78, 5) is 22.8. The number of carbonyl (C=O) groups excluding carboxylic acids is 2. The van der Waals surface area contributed by atoms with E-state index < -0.39 is 0 Å². The number of fused-ring (bicyclic) bond motifs is 5. The highest BCUT2D eigenvalue weighted by Gasteiger charge is 2.60. The maximum absolute atomic E-state index is 11.6. The molecule has 162 valence electrons. The molecule has 0 amide bonds. The molecule has 0 aromatic heterocycles. The number of carbonyl (C=O) groups is 2. The SMILES string of the molecule is CC(=O)OCC1CC[C@@]2(CO)C(=CCC3C2CC[C@@]2(C)C3CC[C@@H]2OC(C)=O)C1. The number of hydrogen-bond donors (Lipinski definition) is 1. The molecule has 0 spiro atoms. The zero-order chi connectivity index (χ0) is 20.8. The van der Waals surface area contributed by atoms with Gasteiger partial charge in [-0.05, 0) is 75.0 Å². The molecule has 0 aromatic carbocycles. The van der Waals surface area contributed by atoms with Gasteiger partial charge in [-0.25, -0.2) is 0 Å². The van der Waals surface area contributed by atoms with Crippen molar-refractivity contribution in [1.82, 2.24) is 0 Å². The third kappa shape index (κ3) is 3.43. The Morgan fingerprint density at radius 3 is 2.59 bits per heavy atom. The smallest absolute Gasteiger partial charge is 0.302 e. The van der Waals surface area contributed by atoms with Gasteiger partial charge in [-0.3, -0.25) is 9.59 Å². The molecular formula is C24H36O5. The summed E-state index contributed by atoms with van der Waals surface area (Å²) in [5.74, 6) is 1.63. The molecule has 0 saturated heterocycles. The summed E-state index contributed by atoms with van der Waals surface area (Å²) >= 11 is 0. The highest BCUT2D eigenvalue weighted by molar-refractivity contribution is 5.66. The first kappa shape index (κ1) is 20.9. The van der Waals surface area contributed by atoms with Gasteiger partial charge in [-0.2, -0.15) is 0 Å². The molecule has 0 radical (unpaired) electrons. The van der Waals surface area contributed by atoms with Gasteiger partial charge in [0.05, 0.1) is 13.2 Å². The molecule has 5 heteroatoms. The zero-order valence-corrected chi connectivity index (χ0v) is 18.1. The number of ether oxygens (including phenoxy) is 2. The molecule has 4 rings (SSSR count). The maximum atomic E-state index is 11.6. The number of rotatable bonds is 4. The second-order valence-electron chi connectivity index (χ2n) is 10.3. The van der Waals surface area contributed by atoms with E-state index in [1.165, 1.54) is 19.4 Å². The third-order valence-electron chi connectivity index (χ3n) is 8.96. The lowest BCUT2D eigenvalue weighted by molar-refractivity contribution is -0.157.